The number of methoxy groups -OCH3 is 1. The van der Waals surface area contributed by atoms with Crippen molar-refractivity contribution in [2.24, 2.45) is 0 Å². The van der Waals surface area contributed by atoms with Crippen LogP contribution in [-0.4, -0.2) is 42.1 Å². The van der Waals surface area contributed by atoms with Gasteiger partial charge in [-0.2, -0.15) is 0 Å². The van der Waals surface area contributed by atoms with Crippen LogP contribution < -0.4 is 10.6 Å². The van der Waals surface area contributed by atoms with Gasteiger partial charge < -0.3 is 20.5 Å². The van der Waals surface area contributed by atoms with Gasteiger partial charge in [-0.15, -0.1) is 11.3 Å². The van der Waals surface area contributed by atoms with Crippen molar-refractivity contribution in [1.29, 1.82) is 0 Å². The zero-order valence-electron chi connectivity index (χ0n) is 13.4. The Labute approximate surface area is 139 Å². The molecule has 23 heavy (non-hydrogen) atoms. The Hall–Kier alpha value is -1.93. The Morgan fingerprint density at radius 3 is 2.61 bits per heavy atom. The molecule has 7 nitrogen and oxygen atoms in total. The van der Waals surface area contributed by atoms with Gasteiger partial charge in [0.05, 0.1) is 31.0 Å². The smallest absolute Gasteiger partial charge is 0.305 e. The molecule has 1 rings (SSSR count). The van der Waals surface area contributed by atoms with Crippen LogP contribution in [0.2, 0.25) is 0 Å². The number of rotatable bonds is 9. The third-order valence-electron chi connectivity index (χ3n) is 3.10. The van der Waals surface area contributed by atoms with Crippen molar-refractivity contribution >= 4 is 29.1 Å². The topological polar surface area (TPSA) is 105 Å². The van der Waals surface area contributed by atoms with Gasteiger partial charge in [-0.25, -0.2) is 0 Å². The summed E-state index contributed by atoms with van der Waals surface area (Å²) < 4.78 is 5.00. The lowest BCUT2D eigenvalue weighted by Crippen LogP contribution is -2.51. The van der Waals surface area contributed by atoms with Crippen LogP contribution in [0.4, 0.5) is 0 Å². The zero-order chi connectivity index (χ0) is 17.5. The van der Waals surface area contributed by atoms with E-state index in [4.69, 9.17) is 9.84 Å². The Morgan fingerprint density at radius 2 is 2.13 bits per heavy atom. The number of carboxylic acids is 1. The van der Waals surface area contributed by atoms with E-state index in [2.05, 4.69) is 10.6 Å². The summed E-state index contributed by atoms with van der Waals surface area (Å²) in [5, 5.41) is 16.3. The summed E-state index contributed by atoms with van der Waals surface area (Å²) in [4.78, 5) is 35.5. The number of amides is 2. The van der Waals surface area contributed by atoms with Crippen LogP contribution in [0.25, 0.3) is 0 Å². The van der Waals surface area contributed by atoms with Crippen LogP contribution in [-0.2, 0) is 19.1 Å². The summed E-state index contributed by atoms with van der Waals surface area (Å²) in [5.74, 6) is -1.61. The third kappa shape index (κ3) is 6.79. The van der Waals surface area contributed by atoms with Gasteiger partial charge in [0.15, 0.2) is 0 Å². The van der Waals surface area contributed by atoms with E-state index in [9.17, 15) is 14.4 Å². The Balaban J connectivity index is 2.77. The summed E-state index contributed by atoms with van der Waals surface area (Å²) >= 11 is 1.44. The molecule has 0 aliphatic heterocycles. The van der Waals surface area contributed by atoms with Gasteiger partial charge in [-0.3, -0.25) is 14.4 Å². The molecule has 0 saturated heterocycles. The highest BCUT2D eigenvalue weighted by Gasteiger charge is 2.30. The highest BCUT2D eigenvalue weighted by Crippen LogP contribution is 2.22. The zero-order valence-corrected chi connectivity index (χ0v) is 14.2. The second-order valence-electron chi connectivity index (χ2n) is 5.59. The average Bonchev–Trinajstić information content (AvgIpc) is 2.89. The molecule has 0 aliphatic rings. The van der Waals surface area contributed by atoms with Crippen molar-refractivity contribution in [3.8, 4) is 0 Å². The number of nitrogens with one attached hydrogen (secondary N) is 2. The van der Waals surface area contributed by atoms with Crippen LogP contribution in [0.15, 0.2) is 17.5 Å². The maximum absolute atomic E-state index is 12.3. The largest absolute Gasteiger partial charge is 0.481 e. The molecular weight excluding hydrogens is 320 g/mol. The molecule has 0 fully saturated rings. The molecule has 1 aromatic heterocycles. The highest BCUT2D eigenvalue weighted by molar-refractivity contribution is 7.10. The summed E-state index contributed by atoms with van der Waals surface area (Å²) in [6.45, 7) is 3.08. The maximum Gasteiger partial charge on any atom is 0.305 e. The van der Waals surface area contributed by atoms with Crippen molar-refractivity contribution < 1.29 is 24.2 Å². The maximum atomic E-state index is 12.3. The quantitative estimate of drug-likeness (QED) is 0.628. The average molecular weight is 342 g/mol. The van der Waals surface area contributed by atoms with E-state index < -0.39 is 17.6 Å². The van der Waals surface area contributed by atoms with Gasteiger partial charge in [-0.05, 0) is 18.4 Å². The van der Waals surface area contributed by atoms with Crippen molar-refractivity contribution in [3.63, 3.8) is 0 Å². The number of carbonyl (C=O) groups is 3. The fourth-order valence-corrected chi connectivity index (χ4v) is 3.09. The number of ether oxygens (including phenoxy) is 1. The van der Waals surface area contributed by atoms with E-state index >= 15 is 0 Å². The van der Waals surface area contributed by atoms with Gasteiger partial charge in [0, 0.05) is 18.9 Å². The molecule has 1 aromatic rings. The monoisotopic (exact) mass is 342 g/mol. The van der Waals surface area contributed by atoms with Crippen LogP contribution in [0.1, 0.15) is 37.6 Å². The molecule has 3 N–H and O–H groups in total. The predicted molar refractivity (Wildman–Crippen MR) is 86.2 cm³/mol. The molecule has 0 radical (unpaired) electrons. The first-order chi connectivity index (χ1) is 10.8. The van der Waals surface area contributed by atoms with E-state index in [0.29, 0.717) is 0 Å². The van der Waals surface area contributed by atoms with Gasteiger partial charge in [0.25, 0.3) is 0 Å². The van der Waals surface area contributed by atoms with Crippen molar-refractivity contribution in [2.75, 3.05) is 13.7 Å². The fraction of sp³-hybridized carbons (Fsp3) is 0.533. The molecule has 2 unspecified atom stereocenters. The fourth-order valence-electron chi connectivity index (χ4n) is 2.31. The van der Waals surface area contributed by atoms with E-state index in [1.165, 1.54) is 25.4 Å². The molecule has 0 saturated carbocycles. The molecule has 0 bridgehead atoms. The second kappa shape index (κ2) is 8.64. The second-order valence-corrected chi connectivity index (χ2v) is 6.56. The molecule has 2 atom stereocenters. The summed E-state index contributed by atoms with van der Waals surface area (Å²) in [7, 11) is 1.44. The lowest BCUT2D eigenvalue weighted by atomic mass is 9.98. The summed E-state index contributed by atoms with van der Waals surface area (Å²) in [6.07, 6.45) is -0.227. The van der Waals surface area contributed by atoms with Crippen molar-refractivity contribution in [3.05, 3.63) is 22.4 Å². The van der Waals surface area contributed by atoms with Gasteiger partial charge in [0.2, 0.25) is 11.8 Å². The first-order valence-electron chi connectivity index (χ1n) is 7.08. The standard InChI is InChI=1S/C15H22N2O5S/c1-10(18)16-11(12-5-4-6-23-12)7-13(19)17-15(2,9-22-3)8-14(20)21/h4-6,11H,7-9H2,1-3H3,(H,16,18)(H,17,19)(H,20,21). The van der Waals surface area contributed by atoms with Crippen molar-refractivity contribution in [2.45, 2.75) is 38.3 Å². The van der Waals surface area contributed by atoms with Gasteiger partial charge in [-0.1, -0.05) is 6.07 Å². The van der Waals surface area contributed by atoms with E-state index in [-0.39, 0.29) is 31.3 Å². The predicted octanol–water partition coefficient (Wildman–Crippen LogP) is 1.31. The van der Waals surface area contributed by atoms with Gasteiger partial charge in [0.1, 0.15) is 0 Å². The molecule has 0 spiro atoms. The lowest BCUT2D eigenvalue weighted by Gasteiger charge is -2.29. The Bertz CT molecular complexity index is 546. The molecule has 128 valence electrons. The first-order valence-corrected chi connectivity index (χ1v) is 7.96. The SMILES string of the molecule is COCC(C)(CC(=O)O)NC(=O)CC(NC(C)=O)c1cccs1. The number of hydrogen-bond donors (Lipinski definition) is 3. The molecule has 0 aromatic carbocycles. The number of carbonyl (C=O) groups excluding carboxylic acids is 2. The Kier molecular flexibility index (Phi) is 7.18. The molecule has 2 amide bonds. The van der Waals surface area contributed by atoms with Gasteiger partial charge >= 0.3 is 5.97 Å². The van der Waals surface area contributed by atoms with Crippen LogP contribution in [0, 0.1) is 0 Å². The minimum Gasteiger partial charge on any atom is -0.481 e. The molecular formula is C15H22N2O5S. The number of thiophene rings is 1. The molecule has 8 heteroatoms. The number of aliphatic carboxylic acids is 1. The number of hydrogen-bond acceptors (Lipinski definition) is 5. The number of carboxylic acid groups (broad SMARTS) is 1. The minimum atomic E-state index is -1.03. The minimum absolute atomic E-state index is 0.0268. The summed E-state index contributed by atoms with van der Waals surface area (Å²) in [6, 6.07) is 3.24. The molecule has 0 aliphatic carbocycles. The summed E-state index contributed by atoms with van der Waals surface area (Å²) in [5.41, 5.74) is -1.01. The van der Waals surface area contributed by atoms with Crippen molar-refractivity contribution in [1.82, 2.24) is 10.6 Å². The van der Waals surface area contributed by atoms with E-state index in [0.717, 1.165) is 4.88 Å². The third-order valence-corrected chi connectivity index (χ3v) is 4.09. The lowest BCUT2D eigenvalue weighted by molar-refractivity contribution is -0.139. The normalized spacial score (nSPS) is 14.6. The first kappa shape index (κ1) is 19.1. The van der Waals surface area contributed by atoms with E-state index in [1.54, 1.807) is 6.92 Å². The molecule has 1 heterocycles. The van der Waals surface area contributed by atoms with Crippen LogP contribution >= 0.6 is 11.3 Å². The highest BCUT2D eigenvalue weighted by atomic mass is 32.1. The van der Waals surface area contributed by atoms with Crippen LogP contribution in [0.5, 0.6) is 0 Å². The Morgan fingerprint density at radius 1 is 1.43 bits per heavy atom. The van der Waals surface area contributed by atoms with Crippen LogP contribution in [0.3, 0.4) is 0 Å². The van der Waals surface area contributed by atoms with E-state index in [1.807, 2.05) is 17.5 Å².